The maximum absolute atomic E-state index is 12.7. The van der Waals surface area contributed by atoms with Gasteiger partial charge < -0.3 is 9.80 Å². The molecule has 0 bridgehead atoms. The minimum absolute atomic E-state index is 0.0420. The summed E-state index contributed by atoms with van der Waals surface area (Å²) in [5, 5.41) is 0. The maximum Gasteiger partial charge on any atom is 0.274 e. The van der Waals surface area contributed by atoms with E-state index in [1.807, 2.05) is 24.3 Å². The van der Waals surface area contributed by atoms with E-state index >= 15 is 0 Å². The molecule has 1 aliphatic rings. The third-order valence-corrected chi connectivity index (χ3v) is 3.91. The Balaban J connectivity index is 1.89. The van der Waals surface area contributed by atoms with Gasteiger partial charge in [-0.05, 0) is 25.0 Å². The normalized spacial score (nSPS) is 17.7. The summed E-state index contributed by atoms with van der Waals surface area (Å²) in [6.45, 7) is 0.581. The van der Waals surface area contributed by atoms with Gasteiger partial charge in [-0.2, -0.15) is 0 Å². The Morgan fingerprint density at radius 2 is 1.95 bits per heavy atom. The number of aromatic nitrogens is 2. The molecule has 1 aromatic heterocycles. The average molecular weight is 298 g/mol. The van der Waals surface area contributed by atoms with Gasteiger partial charge in [0.25, 0.3) is 5.91 Å². The van der Waals surface area contributed by atoms with Crippen molar-refractivity contribution in [2.45, 2.75) is 18.9 Å². The summed E-state index contributed by atoms with van der Waals surface area (Å²) in [6.07, 6.45) is 3.01. The van der Waals surface area contributed by atoms with E-state index < -0.39 is 6.04 Å². The standard InChI is InChI=1S/C16H18N4O2/c1-19(2)16(22)14-8-5-9-20(14)15(21)13-10-17-11-6-3-4-7-12(11)18-13/h3-4,6-7,10,14H,5,8-9H2,1-2H3. The van der Waals surface area contributed by atoms with Crippen LogP contribution >= 0.6 is 0 Å². The second-order valence-electron chi connectivity index (χ2n) is 5.63. The van der Waals surface area contributed by atoms with Crippen LogP contribution in [0.2, 0.25) is 0 Å². The lowest BCUT2D eigenvalue weighted by atomic mass is 10.2. The molecule has 0 N–H and O–H groups in total. The topological polar surface area (TPSA) is 66.4 Å². The fraction of sp³-hybridized carbons (Fsp3) is 0.375. The van der Waals surface area contributed by atoms with Crippen molar-refractivity contribution in [3.05, 3.63) is 36.2 Å². The van der Waals surface area contributed by atoms with Crippen LogP contribution in [0.15, 0.2) is 30.5 Å². The highest BCUT2D eigenvalue weighted by Gasteiger charge is 2.35. The number of likely N-dealkylation sites (N-methyl/N-ethyl adjacent to an activating group) is 1. The van der Waals surface area contributed by atoms with Crippen LogP contribution in [0.3, 0.4) is 0 Å². The number of rotatable bonds is 2. The van der Waals surface area contributed by atoms with Crippen LogP contribution in [0.1, 0.15) is 23.3 Å². The van der Waals surface area contributed by atoms with E-state index in [1.165, 1.54) is 11.1 Å². The van der Waals surface area contributed by atoms with Gasteiger partial charge in [-0.15, -0.1) is 0 Å². The SMILES string of the molecule is CN(C)C(=O)C1CCCN1C(=O)c1cnc2ccccc2n1. The Bertz CT molecular complexity index is 729. The zero-order chi connectivity index (χ0) is 15.7. The van der Waals surface area contributed by atoms with Gasteiger partial charge in [0.2, 0.25) is 5.91 Å². The van der Waals surface area contributed by atoms with Crippen LogP contribution in [0.25, 0.3) is 11.0 Å². The van der Waals surface area contributed by atoms with Crippen molar-refractivity contribution in [1.29, 1.82) is 0 Å². The van der Waals surface area contributed by atoms with Gasteiger partial charge in [-0.3, -0.25) is 14.6 Å². The Hall–Kier alpha value is -2.50. The number of fused-ring (bicyclic) bond motifs is 1. The minimum atomic E-state index is -0.393. The number of carbonyl (C=O) groups excluding carboxylic acids is 2. The number of hydrogen-bond acceptors (Lipinski definition) is 4. The van der Waals surface area contributed by atoms with Crippen molar-refractivity contribution in [1.82, 2.24) is 19.8 Å². The van der Waals surface area contributed by atoms with E-state index in [1.54, 1.807) is 19.0 Å². The first-order valence-corrected chi connectivity index (χ1v) is 7.32. The number of hydrogen-bond donors (Lipinski definition) is 0. The maximum atomic E-state index is 12.7. The van der Waals surface area contributed by atoms with Crippen molar-refractivity contribution >= 4 is 22.8 Å². The molecule has 1 fully saturated rings. The van der Waals surface area contributed by atoms with Crippen LogP contribution in [-0.2, 0) is 4.79 Å². The lowest BCUT2D eigenvalue weighted by Gasteiger charge is -2.25. The summed E-state index contributed by atoms with van der Waals surface area (Å²) in [5.41, 5.74) is 1.72. The number of nitrogens with zero attached hydrogens (tertiary/aromatic N) is 4. The summed E-state index contributed by atoms with van der Waals surface area (Å²) in [6, 6.07) is 7.02. The molecule has 1 unspecified atom stereocenters. The highest BCUT2D eigenvalue weighted by molar-refractivity contribution is 5.97. The molecule has 0 aliphatic carbocycles. The molecule has 0 saturated carbocycles. The van der Waals surface area contributed by atoms with E-state index in [2.05, 4.69) is 9.97 Å². The molecule has 1 saturated heterocycles. The van der Waals surface area contributed by atoms with Gasteiger partial charge in [-0.25, -0.2) is 4.98 Å². The van der Waals surface area contributed by atoms with Gasteiger partial charge in [0.1, 0.15) is 11.7 Å². The molecule has 0 radical (unpaired) electrons. The molecule has 2 amide bonds. The average Bonchev–Trinajstić information content (AvgIpc) is 3.02. The second kappa shape index (κ2) is 5.71. The lowest BCUT2D eigenvalue weighted by molar-refractivity contribution is -0.132. The zero-order valence-corrected chi connectivity index (χ0v) is 12.7. The van der Waals surface area contributed by atoms with Crippen molar-refractivity contribution in [2.24, 2.45) is 0 Å². The lowest BCUT2D eigenvalue weighted by Crippen LogP contribution is -2.45. The minimum Gasteiger partial charge on any atom is -0.347 e. The fourth-order valence-corrected chi connectivity index (χ4v) is 2.77. The molecular weight excluding hydrogens is 280 g/mol. The van der Waals surface area contributed by atoms with Crippen LogP contribution in [0, 0.1) is 0 Å². The van der Waals surface area contributed by atoms with E-state index in [0.29, 0.717) is 18.5 Å². The van der Waals surface area contributed by atoms with Crippen molar-refractivity contribution in [2.75, 3.05) is 20.6 Å². The van der Waals surface area contributed by atoms with Crippen molar-refractivity contribution in [3.8, 4) is 0 Å². The van der Waals surface area contributed by atoms with Crippen LogP contribution in [0.4, 0.5) is 0 Å². The first-order valence-electron chi connectivity index (χ1n) is 7.32. The molecule has 2 aromatic rings. The molecule has 6 nitrogen and oxygen atoms in total. The first-order chi connectivity index (χ1) is 10.6. The van der Waals surface area contributed by atoms with E-state index in [-0.39, 0.29) is 17.5 Å². The smallest absolute Gasteiger partial charge is 0.274 e. The third-order valence-electron chi connectivity index (χ3n) is 3.91. The summed E-state index contributed by atoms with van der Waals surface area (Å²) in [4.78, 5) is 36.7. The molecule has 2 heterocycles. The number of benzene rings is 1. The van der Waals surface area contributed by atoms with Crippen molar-refractivity contribution in [3.63, 3.8) is 0 Å². The van der Waals surface area contributed by atoms with Crippen molar-refractivity contribution < 1.29 is 9.59 Å². The molecule has 1 aromatic carbocycles. The molecule has 6 heteroatoms. The highest BCUT2D eigenvalue weighted by Crippen LogP contribution is 2.21. The monoisotopic (exact) mass is 298 g/mol. The summed E-state index contributed by atoms with van der Waals surface area (Å²) >= 11 is 0. The van der Waals surface area contributed by atoms with Crippen LogP contribution in [0.5, 0.6) is 0 Å². The molecule has 1 aliphatic heterocycles. The summed E-state index contributed by atoms with van der Waals surface area (Å²) < 4.78 is 0. The quantitative estimate of drug-likeness (QED) is 0.839. The molecule has 1 atom stereocenters. The van der Waals surface area contributed by atoms with E-state index in [4.69, 9.17) is 0 Å². The van der Waals surface area contributed by atoms with E-state index in [9.17, 15) is 9.59 Å². The number of amides is 2. The molecule has 0 spiro atoms. The molecule has 3 rings (SSSR count). The van der Waals surface area contributed by atoms with Crippen LogP contribution in [-0.4, -0.2) is 58.3 Å². The fourth-order valence-electron chi connectivity index (χ4n) is 2.77. The molecule has 22 heavy (non-hydrogen) atoms. The van der Waals surface area contributed by atoms with Gasteiger partial charge in [0.15, 0.2) is 0 Å². The van der Waals surface area contributed by atoms with Gasteiger partial charge in [0.05, 0.1) is 17.2 Å². The number of carbonyl (C=O) groups is 2. The van der Waals surface area contributed by atoms with E-state index in [0.717, 1.165) is 11.9 Å². The van der Waals surface area contributed by atoms with Crippen LogP contribution < -0.4 is 0 Å². The third kappa shape index (κ3) is 2.52. The Kier molecular flexibility index (Phi) is 3.75. The Labute approximate surface area is 128 Å². The Morgan fingerprint density at radius 1 is 1.23 bits per heavy atom. The molecular formula is C16H18N4O2. The van der Waals surface area contributed by atoms with Gasteiger partial charge in [0, 0.05) is 20.6 Å². The zero-order valence-electron chi connectivity index (χ0n) is 12.7. The summed E-state index contributed by atoms with van der Waals surface area (Å²) in [5.74, 6) is -0.268. The Morgan fingerprint density at radius 3 is 2.68 bits per heavy atom. The molecule has 114 valence electrons. The predicted octanol–water partition coefficient (Wildman–Crippen LogP) is 1.32. The number of para-hydroxylation sites is 2. The summed E-state index contributed by atoms with van der Waals surface area (Å²) in [7, 11) is 3.41. The predicted molar refractivity (Wildman–Crippen MR) is 82.3 cm³/mol. The second-order valence-corrected chi connectivity index (χ2v) is 5.63. The highest BCUT2D eigenvalue weighted by atomic mass is 16.2. The van der Waals surface area contributed by atoms with Gasteiger partial charge >= 0.3 is 0 Å². The first kappa shape index (κ1) is 14.4. The number of likely N-dealkylation sites (tertiary alicyclic amines) is 1. The van der Waals surface area contributed by atoms with Gasteiger partial charge in [-0.1, -0.05) is 12.1 Å². The largest absolute Gasteiger partial charge is 0.347 e.